The van der Waals surface area contributed by atoms with E-state index in [1.165, 1.54) is 24.3 Å². The zero-order chi connectivity index (χ0) is 13.0. The first kappa shape index (κ1) is 12.8. The lowest BCUT2D eigenvalue weighted by Gasteiger charge is -2.04. The summed E-state index contributed by atoms with van der Waals surface area (Å²) in [6.07, 6.45) is 4.24. The van der Waals surface area contributed by atoms with Crippen LogP contribution in [0.1, 0.15) is 16.1 Å². The van der Waals surface area contributed by atoms with Gasteiger partial charge in [0.15, 0.2) is 0 Å². The minimum absolute atomic E-state index is 0.0945. The molecule has 2 aromatic rings. The highest BCUT2D eigenvalue weighted by molar-refractivity contribution is 7.98. The number of pyridine rings is 1. The molecule has 0 aliphatic carbocycles. The second-order valence-electron chi connectivity index (χ2n) is 3.27. The van der Waals surface area contributed by atoms with Crippen molar-refractivity contribution in [1.82, 2.24) is 15.0 Å². The minimum Gasteiger partial charge on any atom is -0.478 e. The predicted octanol–water partition coefficient (Wildman–Crippen LogP) is 2.52. The van der Waals surface area contributed by atoms with Gasteiger partial charge in [-0.2, -0.15) is 0 Å². The second-order valence-corrected chi connectivity index (χ2v) is 4.64. The van der Waals surface area contributed by atoms with Crippen molar-refractivity contribution in [1.29, 1.82) is 0 Å². The van der Waals surface area contributed by atoms with E-state index in [4.69, 9.17) is 16.7 Å². The molecule has 0 saturated carbocycles. The quantitative estimate of drug-likeness (QED) is 0.868. The molecule has 2 rings (SSSR count). The van der Waals surface area contributed by atoms with Crippen molar-refractivity contribution in [3.63, 3.8) is 0 Å². The minimum atomic E-state index is -1.04. The number of hydrogen-bond acceptors (Lipinski definition) is 5. The predicted molar refractivity (Wildman–Crippen MR) is 67.8 cm³/mol. The molecule has 92 valence electrons. The van der Waals surface area contributed by atoms with E-state index in [1.54, 1.807) is 18.3 Å². The van der Waals surface area contributed by atoms with E-state index in [-0.39, 0.29) is 5.56 Å². The van der Waals surface area contributed by atoms with Crippen LogP contribution in [-0.4, -0.2) is 26.0 Å². The van der Waals surface area contributed by atoms with Crippen molar-refractivity contribution >= 4 is 29.3 Å². The molecule has 0 aliphatic rings. The van der Waals surface area contributed by atoms with Gasteiger partial charge in [0.25, 0.3) is 0 Å². The van der Waals surface area contributed by atoms with Crippen molar-refractivity contribution in [2.45, 2.75) is 10.8 Å². The second kappa shape index (κ2) is 5.79. The Hall–Kier alpha value is -1.66. The molecule has 2 heterocycles. The van der Waals surface area contributed by atoms with E-state index < -0.39 is 5.97 Å². The number of hydrogen-bond donors (Lipinski definition) is 1. The van der Waals surface area contributed by atoms with Crippen molar-refractivity contribution < 1.29 is 9.90 Å². The van der Waals surface area contributed by atoms with Gasteiger partial charge in [0, 0.05) is 18.1 Å². The number of thioether (sulfide) groups is 1. The lowest BCUT2D eigenvalue weighted by molar-refractivity contribution is 0.0695. The van der Waals surface area contributed by atoms with Crippen LogP contribution in [0.4, 0.5) is 0 Å². The molecule has 0 aliphatic heterocycles. The Morgan fingerprint density at radius 2 is 2.28 bits per heavy atom. The highest BCUT2D eigenvalue weighted by Crippen LogP contribution is 2.27. The first-order valence-corrected chi connectivity index (χ1v) is 6.30. The molecule has 0 unspecified atom stereocenters. The van der Waals surface area contributed by atoms with Crippen LogP contribution in [-0.2, 0) is 5.75 Å². The highest BCUT2D eigenvalue weighted by atomic mass is 35.5. The van der Waals surface area contributed by atoms with Crippen LogP contribution in [0.15, 0.2) is 35.9 Å². The van der Waals surface area contributed by atoms with Gasteiger partial charge in [0.2, 0.25) is 0 Å². The number of halogens is 1. The normalized spacial score (nSPS) is 10.3. The summed E-state index contributed by atoms with van der Waals surface area (Å²) in [6, 6.07) is 3.47. The molecule has 0 atom stereocenters. The maximum atomic E-state index is 11.0. The van der Waals surface area contributed by atoms with Gasteiger partial charge < -0.3 is 5.11 Å². The lowest BCUT2D eigenvalue weighted by Crippen LogP contribution is -2.04. The molecule has 2 aromatic heterocycles. The number of carboxylic acid groups (broad SMARTS) is 1. The topological polar surface area (TPSA) is 76.0 Å². The molecule has 0 radical (unpaired) electrons. The molecule has 7 heteroatoms. The molecule has 0 fully saturated rings. The standard InChI is InChI=1S/C11H8ClN3O2S/c12-8-2-1-3-14-10(8)18-5-9-7(11(16)17)4-13-6-15-9/h1-4,6H,5H2,(H,16,17). The molecule has 1 N–H and O–H groups in total. The fourth-order valence-corrected chi connectivity index (χ4v) is 2.39. The zero-order valence-corrected chi connectivity index (χ0v) is 10.6. The van der Waals surface area contributed by atoms with E-state index in [0.717, 1.165) is 0 Å². The number of carboxylic acids is 1. The maximum Gasteiger partial charge on any atom is 0.339 e. The van der Waals surface area contributed by atoms with Gasteiger partial charge in [0.1, 0.15) is 16.9 Å². The Balaban J connectivity index is 2.16. The van der Waals surface area contributed by atoms with E-state index in [2.05, 4.69) is 15.0 Å². The van der Waals surface area contributed by atoms with Gasteiger partial charge in [-0.25, -0.2) is 19.7 Å². The van der Waals surface area contributed by atoms with Gasteiger partial charge in [-0.05, 0) is 12.1 Å². The molecule has 0 saturated heterocycles. The summed E-state index contributed by atoms with van der Waals surface area (Å²) in [4.78, 5) is 22.7. The van der Waals surface area contributed by atoms with E-state index in [1.807, 2.05) is 0 Å². The molecular formula is C11H8ClN3O2S. The summed E-state index contributed by atoms with van der Waals surface area (Å²) in [5.41, 5.74) is 0.543. The third-order valence-electron chi connectivity index (χ3n) is 2.10. The van der Waals surface area contributed by atoms with Crippen molar-refractivity contribution in [2.24, 2.45) is 0 Å². The Labute approximate surface area is 112 Å². The van der Waals surface area contributed by atoms with Crippen molar-refractivity contribution in [3.8, 4) is 0 Å². The van der Waals surface area contributed by atoms with Gasteiger partial charge in [0.05, 0.1) is 10.7 Å². The number of aromatic carboxylic acids is 1. The number of aromatic nitrogens is 3. The molecular weight excluding hydrogens is 274 g/mol. The molecule has 0 amide bonds. The smallest absolute Gasteiger partial charge is 0.339 e. The lowest BCUT2D eigenvalue weighted by atomic mass is 10.2. The fraction of sp³-hybridized carbons (Fsp3) is 0.0909. The molecule has 5 nitrogen and oxygen atoms in total. The van der Waals surface area contributed by atoms with E-state index in [0.29, 0.717) is 21.5 Å². The average Bonchev–Trinajstić information content (AvgIpc) is 2.38. The fourth-order valence-electron chi connectivity index (χ4n) is 1.26. The molecule has 0 spiro atoms. The van der Waals surface area contributed by atoms with Gasteiger partial charge in [-0.3, -0.25) is 0 Å². The summed E-state index contributed by atoms with van der Waals surface area (Å²) in [5.74, 6) is -0.667. The van der Waals surface area contributed by atoms with E-state index in [9.17, 15) is 4.79 Å². The first-order valence-electron chi connectivity index (χ1n) is 4.94. The number of nitrogens with zero attached hydrogens (tertiary/aromatic N) is 3. The SMILES string of the molecule is O=C(O)c1cncnc1CSc1ncccc1Cl. The average molecular weight is 282 g/mol. The monoisotopic (exact) mass is 281 g/mol. The summed E-state index contributed by atoms with van der Waals surface area (Å²) < 4.78 is 0. The third-order valence-corrected chi connectivity index (χ3v) is 3.53. The first-order chi connectivity index (χ1) is 8.68. The third kappa shape index (κ3) is 2.96. The maximum absolute atomic E-state index is 11.0. The number of carbonyl (C=O) groups is 1. The van der Waals surface area contributed by atoms with Crippen molar-refractivity contribution in [3.05, 3.63) is 47.1 Å². The number of rotatable bonds is 4. The van der Waals surface area contributed by atoms with Crippen LogP contribution in [0.3, 0.4) is 0 Å². The summed E-state index contributed by atoms with van der Waals surface area (Å²) in [5, 5.41) is 10.2. The largest absolute Gasteiger partial charge is 0.478 e. The van der Waals surface area contributed by atoms with Gasteiger partial charge in [-0.1, -0.05) is 23.4 Å². The van der Waals surface area contributed by atoms with Crippen LogP contribution < -0.4 is 0 Å². The van der Waals surface area contributed by atoms with Gasteiger partial charge >= 0.3 is 5.97 Å². The molecule has 18 heavy (non-hydrogen) atoms. The Morgan fingerprint density at radius 3 is 3.00 bits per heavy atom. The van der Waals surface area contributed by atoms with Crippen molar-refractivity contribution in [2.75, 3.05) is 0 Å². The van der Waals surface area contributed by atoms with Crippen LogP contribution in [0.2, 0.25) is 5.02 Å². The van der Waals surface area contributed by atoms with Gasteiger partial charge in [-0.15, -0.1) is 0 Å². The van der Waals surface area contributed by atoms with E-state index >= 15 is 0 Å². The van der Waals surface area contributed by atoms with Crippen LogP contribution >= 0.6 is 23.4 Å². The molecule has 0 aromatic carbocycles. The molecule has 0 bridgehead atoms. The Kier molecular flexibility index (Phi) is 4.11. The van der Waals surface area contributed by atoms with Crippen LogP contribution in [0.5, 0.6) is 0 Å². The highest BCUT2D eigenvalue weighted by Gasteiger charge is 2.12. The van der Waals surface area contributed by atoms with Crippen LogP contribution in [0, 0.1) is 0 Å². The summed E-state index contributed by atoms with van der Waals surface area (Å²) >= 11 is 7.30. The zero-order valence-electron chi connectivity index (χ0n) is 9.08. The Morgan fingerprint density at radius 1 is 1.44 bits per heavy atom. The summed E-state index contributed by atoms with van der Waals surface area (Å²) in [7, 11) is 0. The Bertz CT molecular complexity index is 580. The van der Waals surface area contributed by atoms with Crippen LogP contribution in [0.25, 0.3) is 0 Å². The summed E-state index contributed by atoms with van der Waals surface area (Å²) in [6.45, 7) is 0.